The number of rotatable bonds is 8. The molecule has 0 aromatic heterocycles. The van der Waals surface area contributed by atoms with Gasteiger partial charge >= 0.3 is 0 Å². The van der Waals surface area contributed by atoms with E-state index < -0.39 is 5.91 Å². The zero-order chi connectivity index (χ0) is 23.6. The molecule has 0 aliphatic carbocycles. The lowest BCUT2D eigenvalue weighted by Gasteiger charge is -2.13. The van der Waals surface area contributed by atoms with E-state index in [-0.39, 0.29) is 29.9 Å². The van der Waals surface area contributed by atoms with Crippen LogP contribution in [0.5, 0.6) is 0 Å². The summed E-state index contributed by atoms with van der Waals surface area (Å²) in [4.78, 5) is 27.6. The van der Waals surface area contributed by atoms with Crippen LogP contribution in [0.4, 0.5) is 5.69 Å². The van der Waals surface area contributed by atoms with Crippen LogP contribution in [0.2, 0.25) is 0 Å². The van der Waals surface area contributed by atoms with Gasteiger partial charge in [0.2, 0.25) is 0 Å². The van der Waals surface area contributed by atoms with E-state index in [1.54, 1.807) is 36.6 Å². The maximum Gasteiger partial charge on any atom is 0.287 e. The van der Waals surface area contributed by atoms with Gasteiger partial charge in [-0.05, 0) is 41.5 Å². The second kappa shape index (κ2) is 13.0. The van der Waals surface area contributed by atoms with Crippen molar-refractivity contribution in [2.24, 2.45) is 5.10 Å². The summed E-state index contributed by atoms with van der Waals surface area (Å²) in [6.07, 6.45) is 3.29. The summed E-state index contributed by atoms with van der Waals surface area (Å²) in [5.41, 5.74) is 5.99. The van der Waals surface area contributed by atoms with Gasteiger partial charge in [-0.1, -0.05) is 67.6 Å². The maximum absolute atomic E-state index is 12.9. The summed E-state index contributed by atoms with van der Waals surface area (Å²) < 4.78 is 0. The molecule has 2 amide bonds. The van der Waals surface area contributed by atoms with Crippen LogP contribution in [-0.2, 0) is 4.79 Å². The lowest BCUT2D eigenvalue weighted by molar-refractivity contribution is -0.117. The lowest BCUT2D eigenvalue weighted by atomic mass is 10.0. The lowest BCUT2D eigenvalue weighted by Crippen LogP contribution is -2.32. The van der Waals surface area contributed by atoms with E-state index in [4.69, 9.17) is 0 Å². The topological polar surface area (TPSA) is 73.8 Å². The van der Waals surface area contributed by atoms with Gasteiger partial charge in [-0.3, -0.25) is 9.59 Å². The van der Waals surface area contributed by atoms with Gasteiger partial charge in [0.05, 0.1) is 0 Å². The Morgan fingerprint density at radius 3 is 2.06 bits per heavy atom. The summed E-state index contributed by atoms with van der Waals surface area (Å²) in [7, 11) is 3.91. The minimum atomic E-state index is -0.507. The fraction of sp³-hybridized carbons (Fsp3) is 0.148. The van der Waals surface area contributed by atoms with Gasteiger partial charge in [0.15, 0.2) is 0 Å². The van der Waals surface area contributed by atoms with Gasteiger partial charge in [0.1, 0.15) is 5.70 Å². The largest absolute Gasteiger partial charge is 0.378 e. The van der Waals surface area contributed by atoms with Crippen LogP contribution < -0.4 is 15.6 Å². The van der Waals surface area contributed by atoms with Crippen LogP contribution in [0.1, 0.15) is 34.3 Å². The highest BCUT2D eigenvalue weighted by atomic mass is 35.5. The first-order valence-corrected chi connectivity index (χ1v) is 10.7. The molecule has 7 heteroatoms. The number of hydrazone groups is 1. The average molecular weight is 477 g/mol. The van der Waals surface area contributed by atoms with Crippen molar-refractivity contribution in [2.45, 2.75) is 12.8 Å². The van der Waals surface area contributed by atoms with Crippen LogP contribution >= 0.6 is 12.4 Å². The van der Waals surface area contributed by atoms with Crippen molar-refractivity contribution in [3.8, 4) is 0 Å². The van der Waals surface area contributed by atoms with E-state index in [9.17, 15) is 9.59 Å². The second-order valence-electron chi connectivity index (χ2n) is 7.78. The summed E-state index contributed by atoms with van der Waals surface area (Å²) in [6.45, 7) is 1.99. The van der Waals surface area contributed by atoms with E-state index >= 15 is 0 Å². The Kier molecular flexibility index (Phi) is 10.0. The van der Waals surface area contributed by atoms with E-state index in [2.05, 4.69) is 15.8 Å². The summed E-state index contributed by atoms with van der Waals surface area (Å²) >= 11 is 0. The molecule has 1 unspecified atom stereocenters. The van der Waals surface area contributed by atoms with Gasteiger partial charge in [0.25, 0.3) is 11.8 Å². The van der Waals surface area contributed by atoms with E-state index in [0.29, 0.717) is 5.56 Å². The van der Waals surface area contributed by atoms with Gasteiger partial charge < -0.3 is 10.2 Å². The number of nitrogens with one attached hydrogen (secondary N) is 2. The fourth-order valence-corrected chi connectivity index (χ4v) is 3.09. The van der Waals surface area contributed by atoms with Crippen molar-refractivity contribution in [2.75, 3.05) is 19.0 Å². The number of hydrogen-bond donors (Lipinski definition) is 2. The van der Waals surface area contributed by atoms with Gasteiger partial charge in [-0.2, -0.15) is 5.10 Å². The maximum atomic E-state index is 12.9. The first-order chi connectivity index (χ1) is 15.9. The number of nitrogens with zero attached hydrogens (tertiary/aromatic N) is 2. The Morgan fingerprint density at radius 1 is 0.882 bits per heavy atom. The number of carbonyl (C=O) groups is 2. The average Bonchev–Trinajstić information content (AvgIpc) is 2.84. The Balaban J connectivity index is 0.00000408. The summed E-state index contributed by atoms with van der Waals surface area (Å²) in [5.74, 6) is -0.854. The minimum absolute atomic E-state index is 0. The molecule has 0 saturated carbocycles. The third-order valence-corrected chi connectivity index (χ3v) is 5.04. The zero-order valence-corrected chi connectivity index (χ0v) is 20.3. The predicted octanol–water partition coefficient (Wildman–Crippen LogP) is 4.85. The van der Waals surface area contributed by atoms with Crippen molar-refractivity contribution in [3.63, 3.8) is 0 Å². The molecule has 2 N–H and O–H groups in total. The molecule has 3 rings (SSSR count). The number of amides is 2. The van der Waals surface area contributed by atoms with Crippen LogP contribution in [0.3, 0.4) is 0 Å². The first kappa shape index (κ1) is 26.4. The molecule has 176 valence electrons. The van der Waals surface area contributed by atoms with Crippen molar-refractivity contribution in [1.82, 2.24) is 10.7 Å². The quantitative estimate of drug-likeness (QED) is 0.277. The number of anilines is 1. The highest BCUT2D eigenvalue weighted by molar-refractivity contribution is 6.05. The predicted molar refractivity (Wildman–Crippen MR) is 141 cm³/mol. The summed E-state index contributed by atoms with van der Waals surface area (Å²) in [6, 6.07) is 26.3. The van der Waals surface area contributed by atoms with Crippen molar-refractivity contribution < 1.29 is 9.59 Å². The molecule has 0 bridgehead atoms. The standard InChI is InChI=1S/C27H28N4O2.ClH/c1-20(22-10-6-4-7-11-22)19-28-30-27(33)25(29-26(32)23-12-8-5-9-13-23)18-21-14-16-24(17-15-21)31(2)3;/h4-20H,1-3H3,(H,29,32)(H,30,33);1H/b25-18+,28-19+;. The monoisotopic (exact) mass is 476 g/mol. The van der Waals surface area contributed by atoms with Crippen molar-refractivity contribution >= 4 is 42.2 Å². The van der Waals surface area contributed by atoms with Gasteiger partial charge in [-0.15, -0.1) is 12.4 Å². The van der Waals surface area contributed by atoms with Crippen molar-refractivity contribution in [1.29, 1.82) is 0 Å². The number of benzene rings is 3. The van der Waals surface area contributed by atoms with Gasteiger partial charge in [0, 0.05) is 37.5 Å². The highest BCUT2D eigenvalue weighted by Gasteiger charge is 2.14. The molecule has 0 heterocycles. The van der Waals surface area contributed by atoms with Crippen LogP contribution in [0.15, 0.2) is 95.7 Å². The molecule has 0 fully saturated rings. The third-order valence-electron chi connectivity index (χ3n) is 5.04. The molecular formula is C27H29ClN4O2. The van der Waals surface area contributed by atoms with Crippen LogP contribution in [0.25, 0.3) is 6.08 Å². The van der Waals surface area contributed by atoms with E-state index in [0.717, 1.165) is 16.8 Å². The number of carbonyl (C=O) groups excluding carboxylic acids is 2. The van der Waals surface area contributed by atoms with Gasteiger partial charge in [-0.25, -0.2) is 5.43 Å². The molecule has 0 spiro atoms. The fourth-order valence-electron chi connectivity index (χ4n) is 3.09. The highest BCUT2D eigenvalue weighted by Crippen LogP contribution is 2.15. The molecule has 1 atom stereocenters. The Labute approximate surface area is 206 Å². The molecular weight excluding hydrogens is 448 g/mol. The zero-order valence-electron chi connectivity index (χ0n) is 19.4. The van der Waals surface area contributed by atoms with Crippen LogP contribution in [0, 0.1) is 0 Å². The van der Waals surface area contributed by atoms with E-state index in [1.807, 2.05) is 86.6 Å². The normalized spacial score (nSPS) is 11.9. The number of hydrogen-bond acceptors (Lipinski definition) is 4. The minimum Gasteiger partial charge on any atom is -0.378 e. The molecule has 0 radical (unpaired) electrons. The summed E-state index contributed by atoms with van der Waals surface area (Å²) in [5, 5.41) is 6.82. The Hall–Kier alpha value is -3.90. The van der Waals surface area contributed by atoms with Crippen LogP contribution in [-0.4, -0.2) is 32.1 Å². The first-order valence-electron chi connectivity index (χ1n) is 10.7. The van der Waals surface area contributed by atoms with E-state index in [1.165, 1.54) is 0 Å². The van der Waals surface area contributed by atoms with Crippen molar-refractivity contribution in [3.05, 3.63) is 107 Å². The molecule has 3 aromatic rings. The number of halogens is 1. The Bertz CT molecular complexity index is 1130. The second-order valence-corrected chi connectivity index (χ2v) is 7.78. The molecule has 0 aliphatic rings. The molecule has 3 aromatic carbocycles. The SMILES string of the molecule is CC(/C=N/NC(=O)/C(=C\c1ccc(N(C)C)cc1)NC(=O)c1ccccc1)c1ccccc1.Cl. The molecule has 0 saturated heterocycles. The smallest absolute Gasteiger partial charge is 0.287 e. The molecule has 0 aliphatic heterocycles. The third kappa shape index (κ3) is 7.60. The molecule has 34 heavy (non-hydrogen) atoms. The Morgan fingerprint density at radius 2 is 1.47 bits per heavy atom. The molecule has 6 nitrogen and oxygen atoms in total.